The highest BCUT2D eigenvalue weighted by atomic mass is 14.9. The molecular formula is C14H23N. The van der Waals surface area contributed by atoms with Gasteiger partial charge in [0, 0.05) is 6.04 Å². The van der Waals surface area contributed by atoms with Gasteiger partial charge in [0.1, 0.15) is 0 Å². The molecule has 84 valence electrons. The summed E-state index contributed by atoms with van der Waals surface area (Å²) in [4.78, 5) is 0. The summed E-state index contributed by atoms with van der Waals surface area (Å²) in [5.74, 6) is 0. The number of nitrogens with one attached hydrogen (secondary N) is 1. The number of benzene rings is 1. The molecule has 1 nitrogen and oxygen atoms in total. The molecule has 1 atom stereocenters. The molecule has 1 rings (SSSR count). The molecule has 0 heterocycles. The minimum atomic E-state index is 0.583. The largest absolute Gasteiger partial charge is 0.314 e. The van der Waals surface area contributed by atoms with Crippen molar-refractivity contribution >= 4 is 0 Å². The van der Waals surface area contributed by atoms with Crippen LogP contribution in [0, 0.1) is 6.92 Å². The fraction of sp³-hybridized carbons (Fsp3) is 0.571. The van der Waals surface area contributed by atoms with Crippen molar-refractivity contribution in [3.05, 3.63) is 35.4 Å². The summed E-state index contributed by atoms with van der Waals surface area (Å²) in [6.07, 6.45) is 3.67. The van der Waals surface area contributed by atoms with Crippen molar-refractivity contribution in [1.29, 1.82) is 0 Å². The SMILES string of the molecule is CCCCNC(C)Cc1ccc(C)cc1. The first-order valence-corrected chi connectivity index (χ1v) is 6.01. The van der Waals surface area contributed by atoms with E-state index in [1.54, 1.807) is 0 Å². The molecular weight excluding hydrogens is 182 g/mol. The van der Waals surface area contributed by atoms with Crippen LogP contribution in [0.4, 0.5) is 0 Å². The van der Waals surface area contributed by atoms with Crippen molar-refractivity contribution in [2.24, 2.45) is 0 Å². The fourth-order valence-electron chi connectivity index (χ4n) is 1.68. The van der Waals surface area contributed by atoms with E-state index < -0.39 is 0 Å². The molecule has 0 amide bonds. The lowest BCUT2D eigenvalue weighted by atomic mass is 10.1. The van der Waals surface area contributed by atoms with Crippen LogP contribution >= 0.6 is 0 Å². The number of hydrogen-bond acceptors (Lipinski definition) is 1. The molecule has 15 heavy (non-hydrogen) atoms. The molecule has 1 N–H and O–H groups in total. The van der Waals surface area contributed by atoms with Crippen LogP contribution in [-0.2, 0) is 6.42 Å². The van der Waals surface area contributed by atoms with E-state index in [0.717, 1.165) is 13.0 Å². The zero-order valence-corrected chi connectivity index (χ0v) is 10.2. The van der Waals surface area contributed by atoms with Gasteiger partial charge in [-0.1, -0.05) is 43.2 Å². The van der Waals surface area contributed by atoms with Crippen molar-refractivity contribution in [1.82, 2.24) is 5.32 Å². The van der Waals surface area contributed by atoms with Crippen molar-refractivity contribution in [2.75, 3.05) is 6.54 Å². The minimum absolute atomic E-state index is 0.583. The van der Waals surface area contributed by atoms with Crippen molar-refractivity contribution in [3.63, 3.8) is 0 Å². The molecule has 0 radical (unpaired) electrons. The van der Waals surface area contributed by atoms with Crippen molar-refractivity contribution < 1.29 is 0 Å². The molecule has 0 saturated carbocycles. The molecule has 0 aliphatic carbocycles. The predicted octanol–water partition coefficient (Wildman–Crippen LogP) is 3.32. The Bertz CT molecular complexity index is 263. The van der Waals surface area contributed by atoms with E-state index in [4.69, 9.17) is 0 Å². The summed E-state index contributed by atoms with van der Waals surface area (Å²) in [6, 6.07) is 9.42. The van der Waals surface area contributed by atoms with Crippen LogP contribution in [0.1, 0.15) is 37.8 Å². The summed E-state index contributed by atoms with van der Waals surface area (Å²) < 4.78 is 0. The number of aryl methyl sites for hydroxylation is 1. The Balaban J connectivity index is 2.31. The average molecular weight is 205 g/mol. The highest BCUT2D eigenvalue weighted by Gasteiger charge is 2.01. The topological polar surface area (TPSA) is 12.0 Å². The normalized spacial score (nSPS) is 12.7. The van der Waals surface area contributed by atoms with Gasteiger partial charge >= 0.3 is 0 Å². The Kier molecular flexibility index (Phi) is 5.41. The van der Waals surface area contributed by atoms with Gasteiger partial charge < -0.3 is 5.32 Å². The van der Waals surface area contributed by atoms with Gasteiger partial charge in [-0.15, -0.1) is 0 Å². The molecule has 1 unspecified atom stereocenters. The Morgan fingerprint density at radius 1 is 1.20 bits per heavy atom. The summed E-state index contributed by atoms with van der Waals surface area (Å²) in [6.45, 7) is 7.76. The van der Waals surface area contributed by atoms with Gasteiger partial charge in [0.25, 0.3) is 0 Å². The molecule has 1 heteroatoms. The second-order valence-electron chi connectivity index (χ2n) is 4.40. The lowest BCUT2D eigenvalue weighted by Gasteiger charge is -2.13. The maximum atomic E-state index is 3.55. The van der Waals surface area contributed by atoms with Gasteiger partial charge in [-0.3, -0.25) is 0 Å². The third-order valence-electron chi connectivity index (χ3n) is 2.69. The summed E-state index contributed by atoms with van der Waals surface area (Å²) >= 11 is 0. The Labute approximate surface area is 93.9 Å². The molecule has 0 aromatic heterocycles. The van der Waals surface area contributed by atoms with Crippen molar-refractivity contribution in [3.8, 4) is 0 Å². The lowest BCUT2D eigenvalue weighted by molar-refractivity contribution is 0.531. The number of hydrogen-bond donors (Lipinski definition) is 1. The maximum absolute atomic E-state index is 3.55. The summed E-state index contributed by atoms with van der Waals surface area (Å²) in [7, 11) is 0. The van der Waals surface area contributed by atoms with Gasteiger partial charge in [-0.25, -0.2) is 0 Å². The van der Waals surface area contributed by atoms with E-state index in [2.05, 4.69) is 50.4 Å². The molecule has 1 aromatic carbocycles. The van der Waals surface area contributed by atoms with Gasteiger partial charge in [-0.2, -0.15) is 0 Å². The van der Waals surface area contributed by atoms with Crippen LogP contribution in [0.2, 0.25) is 0 Å². The van der Waals surface area contributed by atoms with Gasteiger partial charge in [0.05, 0.1) is 0 Å². The molecule has 0 fully saturated rings. The standard InChI is InChI=1S/C14H23N/c1-4-5-10-15-13(3)11-14-8-6-12(2)7-9-14/h6-9,13,15H,4-5,10-11H2,1-3H3. The van der Waals surface area contributed by atoms with Crippen LogP contribution < -0.4 is 5.32 Å². The van der Waals surface area contributed by atoms with E-state index in [0.29, 0.717) is 6.04 Å². The van der Waals surface area contributed by atoms with Crippen LogP contribution in [0.3, 0.4) is 0 Å². The Morgan fingerprint density at radius 2 is 1.87 bits per heavy atom. The molecule has 0 saturated heterocycles. The molecule has 0 spiro atoms. The van der Waals surface area contributed by atoms with Crippen LogP contribution in [0.15, 0.2) is 24.3 Å². The second-order valence-corrected chi connectivity index (χ2v) is 4.40. The zero-order valence-electron chi connectivity index (χ0n) is 10.2. The number of rotatable bonds is 6. The maximum Gasteiger partial charge on any atom is 0.00791 e. The van der Waals surface area contributed by atoms with Crippen LogP contribution in [0.5, 0.6) is 0 Å². The van der Waals surface area contributed by atoms with Gasteiger partial charge in [-0.05, 0) is 38.8 Å². The number of unbranched alkanes of at least 4 members (excludes halogenated alkanes) is 1. The monoisotopic (exact) mass is 205 g/mol. The van der Waals surface area contributed by atoms with Crippen LogP contribution in [0.25, 0.3) is 0 Å². The van der Waals surface area contributed by atoms with Crippen LogP contribution in [-0.4, -0.2) is 12.6 Å². The quantitative estimate of drug-likeness (QED) is 0.703. The van der Waals surface area contributed by atoms with E-state index in [-0.39, 0.29) is 0 Å². The third kappa shape index (κ3) is 4.98. The second kappa shape index (κ2) is 6.62. The van der Waals surface area contributed by atoms with Crippen molar-refractivity contribution in [2.45, 2.75) is 46.1 Å². The molecule has 0 aliphatic rings. The van der Waals surface area contributed by atoms with E-state index in [1.165, 1.54) is 24.0 Å². The lowest BCUT2D eigenvalue weighted by Crippen LogP contribution is -2.28. The fourth-order valence-corrected chi connectivity index (χ4v) is 1.68. The first-order valence-electron chi connectivity index (χ1n) is 6.01. The highest BCUT2D eigenvalue weighted by Crippen LogP contribution is 2.05. The van der Waals surface area contributed by atoms with E-state index >= 15 is 0 Å². The first kappa shape index (κ1) is 12.3. The van der Waals surface area contributed by atoms with Gasteiger partial charge in [0.15, 0.2) is 0 Å². The molecule has 0 aliphatic heterocycles. The smallest absolute Gasteiger partial charge is 0.00791 e. The first-order chi connectivity index (χ1) is 7.22. The third-order valence-corrected chi connectivity index (χ3v) is 2.69. The molecule has 1 aromatic rings. The summed E-state index contributed by atoms with van der Waals surface area (Å²) in [5, 5.41) is 3.55. The van der Waals surface area contributed by atoms with E-state index in [1.807, 2.05) is 0 Å². The van der Waals surface area contributed by atoms with E-state index in [9.17, 15) is 0 Å². The van der Waals surface area contributed by atoms with Gasteiger partial charge in [0.2, 0.25) is 0 Å². The zero-order chi connectivity index (χ0) is 11.1. The average Bonchev–Trinajstić information content (AvgIpc) is 2.22. The molecule has 0 bridgehead atoms. The highest BCUT2D eigenvalue weighted by molar-refractivity contribution is 5.21. The predicted molar refractivity (Wildman–Crippen MR) is 67.3 cm³/mol. The Hall–Kier alpha value is -0.820. The minimum Gasteiger partial charge on any atom is -0.314 e. The Morgan fingerprint density at radius 3 is 2.47 bits per heavy atom. The summed E-state index contributed by atoms with van der Waals surface area (Å²) in [5.41, 5.74) is 2.77.